The minimum absolute atomic E-state index is 0.0149. The Kier molecular flexibility index (Phi) is 9.27. The number of carbonyl (C=O) groups is 4. The molecule has 0 aliphatic heterocycles. The molecule has 0 heterocycles. The van der Waals surface area contributed by atoms with Crippen molar-refractivity contribution < 1.29 is 38.5 Å². The predicted molar refractivity (Wildman–Crippen MR) is 102 cm³/mol. The molecule has 0 aliphatic rings. The first-order chi connectivity index (χ1) is 13.6. The quantitative estimate of drug-likeness (QED) is 0.438. The predicted octanol–water partition coefficient (Wildman–Crippen LogP) is 2.01. The molecule has 0 radical (unpaired) electrons. The second kappa shape index (κ2) is 11.2. The van der Waals surface area contributed by atoms with Crippen molar-refractivity contribution in [2.75, 3.05) is 6.61 Å². The van der Waals surface area contributed by atoms with Gasteiger partial charge in [0, 0.05) is 26.2 Å². The summed E-state index contributed by atoms with van der Waals surface area (Å²) in [5.41, 5.74) is 6.33. The van der Waals surface area contributed by atoms with Crippen LogP contribution in [0.4, 0.5) is 0 Å². The molecule has 3 N–H and O–H groups in total. The first-order valence-corrected chi connectivity index (χ1v) is 9.21. The van der Waals surface area contributed by atoms with Gasteiger partial charge in [0.05, 0.1) is 6.61 Å². The Morgan fingerprint density at radius 2 is 1.66 bits per heavy atom. The van der Waals surface area contributed by atoms with Crippen molar-refractivity contribution in [3.63, 3.8) is 0 Å². The highest BCUT2D eigenvalue weighted by atomic mass is 16.6. The highest BCUT2D eigenvalue weighted by molar-refractivity contribution is 5.76. The minimum Gasteiger partial charge on any atom is -0.480 e. The van der Waals surface area contributed by atoms with Crippen LogP contribution in [-0.2, 0) is 23.9 Å². The summed E-state index contributed by atoms with van der Waals surface area (Å²) in [7, 11) is 0. The lowest BCUT2D eigenvalue weighted by atomic mass is 9.82. The molecule has 0 spiro atoms. The second-order valence-electron chi connectivity index (χ2n) is 6.69. The van der Waals surface area contributed by atoms with Crippen molar-refractivity contribution in [2.45, 2.75) is 52.5 Å². The van der Waals surface area contributed by atoms with Crippen LogP contribution in [0.2, 0.25) is 0 Å². The number of hydrogen-bond donors (Lipinski definition) is 2. The van der Waals surface area contributed by atoms with Gasteiger partial charge >= 0.3 is 23.9 Å². The number of hydrogen-bond acceptors (Lipinski definition) is 8. The van der Waals surface area contributed by atoms with Gasteiger partial charge in [0.25, 0.3) is 0 Å². The van der Waals surface area contributed by atoms with Crippen molar-refractivity contribution in [1.29, 1.82) is 0 Å². The minimum atomic E-state index is -1.31. The second-order valence-corrected chi connectivity index (χ2v) is 6.69. The monoisotopic (exact) mass is 409 g/mol. The number of rotatable bonds is 10. The SMILES string of the molecule is CCCC(=O)OCC(C)C(c1ccc(OC(C)=O)c(OC(C)=O)c1)[C@H](N)C(=O)O. The summed E-state index contributed by atoms with van der Waals surface area (Å²) in [6.45, 7) is 5.90. The molecular formula is C20H27NO8. The molecule has 9 heteroatoms. The van der Waals surface area contributed by atoms with Crippen molar-refractivity contribution in [1.82, 2.24) is 0 Å². The number of aliphatic carboxylic acids is 1. The number of carbonyl (C=O) groups excluding carboxylic acids is 3. The molecule has 160 valence electrons. The van der Waals surface area contributed by atoms with Gasteiger partial charge in [-0.15, -0.1) is 0 Å². The average Bonchev–Trinajstić information content (AvgIpc) is 2.61. The molecule has 3 atom stereocenters. The van der Waals surface area contributed by atoms with Crippen molar-refractivity contribution in [2.24, 2.45) is 11.7 Å². The fourth-order valence-electron chi connectivity index (χ4n) is 2.85. The van der Waals surface area contributed by atoms with Crippen LogP contribution >= 0.6 is 0 Å². The Labute approximate surface area is 169 Å². The summed E-state index contributed by atoms with van der Waals surface area (Å²) in [6, 6.07) is 3.02. The normalized spacial score (nSPS) is 13.7. The highest BCUT2D eigenvalue weighted by Gasteiger charge is 2.32. The Bertz CT molecular complexity index is 761. The number of carboxylic acid groups (broad SMARTS) is 1. The van der Waals surface area contributed by atoms with E-state index < -0.39 is 35.8 Å². The summed E-state index contributed by atoms with van der Waals surface area (Å²) in [6.07, 6.45) is 0.894. The van der Waals surface area contributed by atoms with Crippen LogP contribution in [0.5, 0.6) is 11.5 Å². The molecular weight excluding hydrogens is 382 g/mol. The van der Waals surface area contributed by atoms with Crippen LogP contribution in [0, 0.1) is 5.92 Å². The number of carboxylic acids is 1. The van der Waals surface area contributed by atoms with Gasteiger partial charge in [-0.3, -0.25) is 19.2 Å². The number of esters is 3. The maximum absolute atomic E-state index is 11.7. The third-order valence-corrected chi connectivity index (χ3v) is 4.11. The zero-order valence-corrected chi connectivity index (χ0v) is 17.0. The van der Waals surface area contributed by atoms with Gasteiger partial charge in [-0.05, 0) is 30.0 Å². The average molecular weight is 409 g/mol. The molecule has 0 amide bonds. The summed E-state index contributed by atoms with van der Waals surface area (Å²) >= 11 is 0. The number of ether oxygens (including phenoxy) is 3. The molecule has 0 saturated heterocycles. The topological polar surface area (TPSA) is 142 Å². The molecule has 0 aliphatic carbocycles. The van der Waals surface area contributed by atoms with E-state index in [-0.39, 0.29) is 30.5 Å². The molecule has 9 nitrogen and oxygen atoms in total. The molecule has 0 bridgehead atoms. The van der Waals surface area contributed by atoms with Crippen LogP contribution in [0.15, 0.2) is 18.2 Å². The van der Waals surface area contributed by atoms with E-state index in [2.05, 4.69) is 0 Å². The molecule has 0 aromatic heterocycles. The van der Waals surface area contributed by atoms with Gasteiger partial charge in [-0.1, -0.05) is 19.9 Å². The first-order valence-electron chi connectivity index (χ1n) is 9.21. The largest absolute Gasteiger partial charge is 0.480 e. The molecule has 1 aromatic carbocycles. The Hall–Kier alpha value is -2.94. The first kappa shape index (κ1) is 24.1. The summed E-state index contributed by atoms with van der Waals surface area (Å²) in [5.74, 6) is -4.11. The van der Waals surface area contributed by atoms with E-state index >= 15 is 0 Å². The molecule has 0 saturated carbocycles. The summed E-state index contributed by atoms with van der Waals surface area (Å²) < 4.78 is 15.3. The maximum Gasteiger partial charge on any atom is 0.321 e. The van der Waals surface area contributed by atoms with E-state index in [4.69, 9.17) is 19.9 Å². The van der Waals surface area contributed by atoms with Gasteiger partial charge in [0.2, 0.25) is 0 Å². The lowest BCUT2D eigenvalue weighted by Gasteiger charge is -2.28. The summed E-state index contributed by atoms with van der Waals surface area (Å²) in [4.78, 5) is 45.9. The van der Waals surface area contributed by atoms with Crippen LogP contribution in [-0.4, -0.2) is 41.6 Å². The summed E-state index contributed by atoms with van der Waals surface area (Å²) in [5, 5.41) is 9.43. The van der Waals surface area contributed by atoms with E-state index in [1.54, 1.807) is 6.92 Å². The third-order valence-electron chi connectivity index (χ3n) is 4.11. The maximum atomic E-state index is 11.7. The van der Waals surface area contributed by atoms with Crippen LogP contribution < -0.4 is 15.2 Å². The van der Waals surface area contributed by atoms with E-state index in [9.17, 15) is 24.3 Å². The fraction of sp³-hybridized carbons (Fsp3) is 0.500. The third kappa shape index (κ3) is 7.53. The highest BCUT2D eigenvalue weighted by Crippen LogP contribution is 2.35. The van der Waals surface area contributed by atoms with Crippen LogP contribution in [0.3, 0.4) is 0 Å². The number of nitrogens with two attached hydrogens (primary N) is 1. The smallest absolute Gasteiger partial charge is 0.321 e. The van der Waals surface area contributed by atoms with Crippen LogP contribution in [0.1, 0.15) is 52.0 Å². The molecule has 2 unspecified atom stereocenters. The van der Waals surface area contributed by atoms with Gasteiger partial charge in [-0.2, -0.15) is 0 Å². The van der Waals surface area contributed by atoms with Gasteiger partial charge in [0.15, 0.2) is 11.5 Å². The standard InChI is InChI=1S/C20H27NO8/c1-5-6-17(24)27-10-11(2)18(19(21)20(25)26)14-7-8-15(28-12(3)22)16(9-14)29-13(4)23/h7-9,11,18-19H,5-6,10,21H2,1-4H3,(H,25,26)/t11?,18?,19-/m0/s1. The van der Waals surface area contributed by atoms with Gasteiger partial charge in [-0.25, -0.2) is 0 Å². The zero-order chi connectivity index (χ0) is 22.1. The van der Waals surface area contributed by atoms with E-state index in [1.165, 1.54) is 32.0 Å². The number of benzene rings is 1. The van der Waals surface area contributed by atoms with Crippen molar-refractivity contribution >= 4 is 23.9 Å². The Morgan fingerprint density at radius 1 is 1.07 bits per heavy atom. The van der Waals surface area contributed by atoms with Gasteiger partial charge < -0.3 is 25.1 Å². The lowest BCUT2D eigenvalue weighted by Crippen LogP contribution is -2.40. The van der Waals surface area contributed by atoms with E-state index in [1.807, 2.05) is 6.92 Å². The van der Waals surface area contributed by atoms with Gasteiger partial charge in [0.1, 0.15) is 6.04 Å². The van der Waals surface area contributed by atoms with Crippen LogP contribution in [0.25, 0.3) is 0 Å². The zero-order valence-electron chi connectivity index (χ0n) is 17.0. The van der Waals surface area contributed by atoms with E-state index in [0.717, 1.165) is 0 Å². The molecule has 1 rings (SSSR count). The Morgan fingerprint density at radius 3 is 2.17 bits per heavy atom. The molecule has 0 fully saturated rings. The van der Waals surface area contributed by atoms with Crippen molar-refractivity contribution in [3.8, 4) is 11.5 Å². The fourth-order valence-corrected chi connectivity index (χ4v) is 2.85. The molecule has 29 heavy (non-hydrogen) atoms. The molecule has 1 aromatic rings. The Balaban J connectivity index is 3.26. The van der Waals surface area contributed by atoms with E-state index in [0.29, 0.717) is 12.0 Å². The lowest BCUT2D eigenvalue weighted by molar-refractivity contribution is -0.145. The van der Waals surface area contributed by atoms with Crippen molar-refractivity contribution in [3.05, 3.63) is 23.8 Å².